The van der Waals surface area contributed by atoms with Crippen LogP contribution in [0.1, 0.15) is 17.4 Å². The summed E-state index contributed by atoms with van der Waals surface area (Å²) in [6.45, 7) is 3.80. The van der Waals surface area contributed by atoms with E-state index < -0.39 is 0 Å². The Morgan fingerprint density at radius 2 is 1.76 bits per heavy atom. The van der Waals surface area contributed by atoms with Gasteiger partial charge >= 0.3 is 0 Å². The van der Waals surface area contributed by atoms with E-state index in [0.717, 1.165) is 0 Å². The quantitative estimate of drug-likeness (QED) is 0.819. The van der Waals surface area contributed by atoms with Crippen LogP contribution in [0.5, 0.6) is 0 Å². The first-order valence-electron chi connectivity index (χ1n) is 6.93. The minimum absolute atomic E-state index is 0.0325. The molecule has 1 saturated heterocycles. The Morgan fingerprint density at radius 3 is 2.33 bits per heavy atom. The van der Waals surface area contributed by atoms with Gasteiger partial charge in [-0.1, -0.05) is 0 Å². The molecule has 2 heterocycles. The lowest BCUT2D eigenvalue weighted by molar-refractivity contribution is -0.130. The number of carbonyl (C=O) groups excluding carboxylic acids is 3. The average molecular weight is 292 g/mol. The summed E-state index contributed by atoms with van der Waals surface area (Å²) in [7, 11) is 1.56. The molecule has 0 radical (unpaired) electrons. The molecule has 114 valence electrons. The average Bonchev–Trinajstić information content (AvgIpc) is 2.94. The second-order valence-corrected chi connectivity index (χ2v) is 4.99. The van der Waals surface area contributed by atoms with E-state index in [9.17, 15) is 14.4 Å². The molecule has 2 rings (SSSR count). The molecule has 0 aromatic carbocycles. The molecule has 0 aliphatic carbocycles. The maximum Gasteiger partial charge on any atom is 0.270 e. The van der Waals surface area contributed by atoms with Crippen LogP contribution in [0.2, 0.25) is 0 Å². The molecule has 3 amide bonds. The van der Waals surface area contributed by atoms with Gasteiger partial charge < -0.3 is 19.7 Å². The molecule has 21 heavy (non-hydrogen) atoms. The second kappa shape index (κ2) is 6.43. The molecule has 7 heteroatoms. The predicted molar refractivity (Wildman–Crippen MR) is 76.7 cm³/mol. The van der Waals surface area contributed by atoms with Gasteiger partial charge in [0.1, 0.15) is 12.2 Å². The smallest absolute Gasteiger partial charge is 0.270 e. The first kappa shape index (κ1) is 15.1. The Kier molecular flexibility index (Phi) is 4.62. The van der Waals surface area contributed by atoms with Gasteiger partial charge in [0.15, 0.2) is 0 Å². The van der Waals surface area contributed by atoms with Crippen molar-refractivity contribution in [3.63, 3.8) is 0 Å². The van der Waals surface area contributed by atoms with Gasteiger partial charge in [0.25, 0.3) is 5.91 Å². The highest BCUT2D eigenvalue weighted by Gasteiger charge is 2.25. The van der Waals surface area contributed by atoms with Crippen molar-refractivity contribution in [1.82, 2.24) is 19.7 Å². The molecule has 0 atom stereocenters. The molecule has 1 aromatic rings. The van der Waals surface area contributed by atoms with E-state index in [1.807, 2.05) is 0 Å². The molecular weight excluding hydrogens is 272 g/mol. The summed E-state index contributed by atoms with van der Waals surface area (Å²) in [4.78, 5) is 38.7. The van der Waals surface area contributed by atoms with Gasteiger partial charge in [0, 0.05) is 46.3 Å². The Hall–Kier alpha value is -2.31. The zero-order chi connectivity index (χ0) is 15.4. The summed E-state index contributed by atoms with van der Waals surface area (Å²) in [6, 6.07) is 3.46. The third-order valence-electron chi connectivity index (χ3n) is 3.65. The van der Waals surface area contributed by atoms with Crippen molar-refractivity contribution >= 4 is 17.7 Å². The molecule has 1 aliphatic rings. The maximum absolute atomic E-state index is 12.5. The largest absolute Gasteiger partial charge is 0.358 e. The molecular formula is C14H20N4O3. The summed E-state index contributed by atoms with van der Waals surface area (Å²) < 4.78 is 1.64. The van der Waals surface area contributed by atoms with Crippen LogP contribution in [0.4, 0.5) is 0 Å². The Morgan fingerprint density at radius 1 is 1.14 bits per heavy atom. The number of likely N-dealkylation sites (N-methyl/N-ethyl adjacent to an activating group) is 1. The van der Waals surface area contributed by atoms with Gasteiger partial charge in [0.2, 0.25) is 11.8 Å². The fourth-order valence-corrected chi connectivity index (χ4v) is 2.37. The van der Waals surface area contributed by atoms with Gasteiger partial charge in [-0.15, -0.1) is 0 Å². The monoisotopic (exact) mass is 292 g/mol. The molecule has 7 nitrogen and oxygen atoms in total. The molecule has 1 fully saturated rings. The van der Waals surface area contributed by atoms with Crippen LogP contribution in [-0.2, 0) is 16.1 Å². The van der Waals surface area contributed by atoms with Gasteiger partial charge in [-0.2, -0.15) is 0 Å². The van der Waals surface area contributed by atoms with Crippen molar-refractivity contribution in [2.75, 3.05) is 33.2 Å². The lowest BCUT2D eigenvalue weighted by Gasteiger charge is -2.34. The van der Waals surface area contributed by atoms with Gasteiger partial charge in [0.05, 0.1) is 0 Å². The maximum atomic E-state index is 12.5. The summed E-state index contributed by atoms with van der Waals surface area (Å²) in [5, 5.41) is 2.54. The highest BCUT2D eigenvalue weighted by atomic mass is 16.2. The van der Waals surface area contributed by atoms with Gasteiger partial charge in [-0.25, -0.2) is 0 Å². The van der Waals surface area contributed by atoms with E-state index in [1.54, 1.807) is 39.7 Å². The van der Waals surface area contributed by atoms with E-state index in [1.165, 1.54) is 6.92 Å². The van der Waals surface area contributed by atoms with E-state index in [4.69, 9.17) is 0 Å². The zero-order valence-corrected chi connectivity index (χ0v) is 12.3. The molecule has 0 saturated carbocycles. The van der Waals surface area contributed by atoms with Crippen LogP contribution in [0.25, 0.3) is 0 Å². The third-order valence-corrected chi connectivity index (χ3v) is 3.65. The minimum atomic E-state index is -0.151. The van der Waals surface area contributed by atoms with Crippen molar-refractivity contribution in [3.05, 3.63) is 24.0 Å². The van der Waals surface area contributed by atoms with E-state index in [0.29, 0.717) is 31.9 Å². The summed E-state index contributed by atoms with van der Waals surface area (Å²) in [6.07, 6.45) is 1.72. The number of amides is 3. The van der Waals surface area contributed by atoms with Crippen LogP contribution >= 0.6 is 0 Å². The number of hydrogen-bond acceptors (Lipinski definition) is 3. The number of rotatable bonds is 3. The van der Waals surface area contributed by atoms with Crippen LogP contribution in [0, 0.1) is 0 Å². The normalized spacial score (nSPS) is 15.0. The van der Waals surface area contributed by atoms with Crippen LogP contribution in [0.3, 0.4) is 0 Å². The molecule has 0 bridgehead atoms. The predicted octanol–water partition coefficient (Wildman–Crippen LogP) is -0.462. The van der Waals surface area contributed by atoms with E-state index in [-0.39, 0.29) is 24.3 Å². The van der Waals surface area contributed by atoms with Crippen molar-refractivity contribution in [1.29, 1.82) is 0 Å². The number of carbonyl (C=O) groups is 3. The first-order valence-corrected chi connectivity index (χ1v) is 6.93. The minimum Gasteiger partial charge on any atom is -0.358 e. The second-order valence-electron chi connectivity index (χ2n) is 4.99. The Bertz CT molecular complexity index is 544. The molecule has 0 spiro atoms. The van der Waals surface area contributed by atoms with Crippen LogP contribution in [0.15, 0.2) is 18.3 Å². The molecule has 1 N–H and O–H groups in total. The Labute approximate surface area is 123 Å². The van der Waals surface area contributed by atoms with Crippen molar-refractivity contribution in [2.45, 2.75) is 13.5 Å². The molecule has 1 aromatic heterocycles. The third kappa shape index (κ3) is 3.42. The summed E-state index contributed by atoms with van der Waals surface area (Å²) in [5.41, 5.74) is 0.495. The first-order chi connectivity index (χ1) is 10.0. The van der Waals surface area contributed by atoms with Crippen molar-refractivity contribution in [2.24, 2.45) is 0 Å². The van der Waals surface area contributed by atoms with Crippen LogP contribution < -0.4 is 5.32 Å². The van der Waals surface area contributed by atoms with Crippen LogP contribution in [-0.4, -0.2) is 65.3 Å². The summed E-state index contributed by atoms with van der Waals surface area (Å²) >= 11 is 0. The highest BCUT2D eigenvalue weighted by Crippen LogP contribution is 2.10. The van der Waals surface area contributed by atoms with Crippen molar-refractivity contribution < 1.29 is 14.4 Å². The number of aromatic nitrogens is 1. The van der Waals surface area contributed by atoms with Gasteiger partial charge in [-0.3, -0.25) is 14.4 Å². The van der Waals surface area contributed by atoms with Gasteiger partial charge in [-0.05, 0) is 12.1 Å². The Balaban J connectivity index is 2.03. The lowest BCUT2D eigenvalue weighted by atomic mass is 10.2. The number of nitrogens with zero attached hydrogens (tertiary/aromatic N) is 3. The zero-order valence-electron chi connectivity index (χ0n) is 12.3. The van der Waals surface area contributed by atoms with E-state index in [2.05, 4.69) is 5.32 Å². The number of piperazine rings is 1. The fraction of sp³-hybridized carbons (Fsp3) is 0.500. The number of hydrogen-bond donors (Lipinski definition) is 1. The SMILES string of the molecule is CNC(=O)Cn1cccc1C(=O)N1CCN(C(C)=O)CC1. The highest BCUT2D eigenvalue weighted by molar-refractivity contribution is 5.93. The van der Waals surface area contributed by atoms with Crippen molar-refractivity contribution in [3.8, 4) is 0 Å². The molecule has 1 aliphatic heterocycles. The number of nitrogens with one attached hydrogen (secondary N) is 1. The fourth-order valence-electron chi connectivity index (χ4n) is 2.37. The molecule has 0 unspecified atom stereocenters. The standard InChI is InChI=1S/C14H20N4O3/c1-11(19)16-6-8-17(9-7-16)14(21)12-4-3-5-18(12)10-13(20)15-2/h3-5H,6-10H2,1-2H3,(H,15,20). The lowest BCUT2D eigenvalue weighted by Crippen LogP contribution is -2.50. The topological polar surface area (TPSA) is 74.7 Å². The van der Waals surface area contributed by atoms with E-state index >= 15 is 0 Å². The summed E-state index contributed by atoms with van der Waals surface area (Å²) in [5.74, 6) is -0.223.